The summed E-state index contributed by atoms with van der Waals surface area (Å²) < 4.78 is 1.86. The molecule has 7 heteroatoms. The van der Waals surface area contributed by atoms with Gasteiger partial charge in [-0.15, -0.1) is 0 Å². The van der Waals surface area contributed by atoms with Crippen molar-refractivity contribution in [2.75, 3.05) is 18.4 Å². The molecule has 1 atom stereocenters. The van der Waals surface area contributed by atoms with Gasteiger partial charge in [-0.05, 0) is 64.4 Å². The van der Waals surface area contributed by atoms with E-state index < -0.39 is 0 Å². The third-order valence-electron chi connectivity index (χ3n) is 4.36. The van der Waals surface area contributed by atoms with Gasteiger partial charge in [0.25, 0.3) is 11.8 Å². The molecular formula is C20H27N5O2. The van der Waals surface area contributed by atoms with Crippen LogP contribution in [0, 0.1) is 0 Å². The van der Waals surface area contributed by atoms with E-state index in [9.17, 15) is 9.59 Å². The molecule has 3 rings (SSSR count). The van der Waals surface area contributed by atoms with Gasteiger partial charge in [0.2, 0.25) is 0 Å². The maximum absolute atomic E-state index is 12.5. The number of aromatic nitrogens is 2. The first-order valence-corrected chi connectivity index (χ1v) is 9.32. The van der Waals surface area contributed by atoms with Crippen LogP contribution in [0.4, 0.5) is 5.69 Å². The van der Waals surface area contributed by atoms with Gasteiger partial charge in [0.1, 0.15) is 0 Å². The summed E-state index contributed by atoms with van der Waals surface area (Å²) in [5.41, 5.74) is 1.11. The lowest BCUT2D eigenvalue weighted by Gasteiger charge is -2.22. The summed E-state index contributed by atoms with van der Waals surface area (Å²) in [6.07, 6.45) is 4.01. The normalized spacial score (nSPS) is 17.4. The second kappa shape index (κ2) is 7.92. The topological polar surface area (TPSA) is 88.0 Å². The minimum absolute atomic E-state index is 0.173. The van der Waals surface area contributed by atoms with Crippen molar-refractivity contribution in [3.8, 4) is 0 Å². The van der Waals surface area contributed by atoms with E-state index in [1.165, 1.54) is 0 Å². The third kappa shape index (κ3) is 5.17. The number of amides is 2. The number of hydrogen-bond acceptors (Lipinski definition) is 4. The zero-order valence-corrected chi connectivity index (χ0v) is 16.1. The number of carbonyl (C=O) groups is 2. The van der Waals surface area contributed by atoms with Crippen molar-refractivity contribution in [1.29, 1.82) is 0 Å². The Kier molecular flexibility index (Phi) is 5.60. The Labute approximate surface area is 159 Å². The monoisotopic (exact) mass is 369 g/mol. The average Bonchev–Trinajstić information content (AvgIpc) is 3.11. The first-order valence-electron chi connectivity index (χ1n) is 9.32. The number of benzene rings is 1. The number of hydrogen-bond donors (Lipinski definition) is 3. The molecular weight excluding hydrogens is 342 g/mol. The predicted molar refractivity (Wildman–Crippen MR) is 105 cm³/mol. The SMILES string of the molecule is CC(C)(C)NC(=O)c1cccc(NC(=O)c2ccn(C3CCCNC3)n2)c1. The van der Waals surface area contributed by atoms with Crippen LogP contribution >= 0.6 is 0 Å². The Morgan fingerprint density at radius 2 is 2.04 bits per heavy atom. The fraction of sp³-hybridized carbons (Fsp3) is 0.450. The fourth-order valence-corrected chi connectivity index (χ4v) is 3.07. The number of nitrogens with one attached hydrogen (secondary N) is 3. The molecule has 0 bridgehead atoms. The zero-order chi connectivity index (χ0) is 19.4. The minimum atomic E-state index is -0.322. The van der Waals surface area contributed by atoms with Crippen LogP contribution < -0.4 is 16.0 Å². The van der Waals surface area contributed by atoms with Crippen LogP contribution in [0.5, 0.6) is 0 Å². The van der Waals surface area contributed by atoms with E-state index in [1.54, 1.807) is 30.3 Å². The van der Waals surface area contributed by atoms with Crippen molar-refractivity contribution in [3.63, 3.8) is 0 Å². The first kappa shape index (κ1) is 19.1. The molecule has 1 fully saturated rings. The highest BCUT2D eigenvalue weighted by atomic mass is 16.2. The molecule has 3 N–H and O–H groups in total. The Balaban J connectivity index is 1.66. The highest BCUT2D eigenvalue weighted by Gasteiger charge is 2.19. The molecule has 0 radical (unpaired) electrons. The summed E-state index contributed by atoms with van der Waals surface area (Å²) in [6.45, 7) is 7.68. The Morgan fingerprint density at radius 3 is 2.74 bits per heavy atom. The molecule has 1 aromatic heterocycles. The third-order valence-corrected chi connectivity index (χ3v) is 4.36. The average molecular weight is 369 g/mol. The van der Waals surface area contributed by atoms with E-state index in [4.69, 9.17) is 0 Å². The fourth-order valence-electron chi connectivity index (χ4n) is 3.07. The number of carbonyl (C=O) groups excluding carboxylic acids is 2. The molecule has 144 valence electrons. The maximum Gasteiger partial charge on any atom is 0.276 e. The highest BCUT2D eigenvalue weighted by molar-refractivity contribution is 6.03. The van der Waals surface area contributed by atoms with Crippen molar-refractivity contribution in [3.05, 3.63) is 47.8 Å². The Bertz CT molecular complexity index is 816. The zero-order valence-electron chi connectivity index (χ0n) is 16.1. The van der Waals surface area contributed by atoms with Gasteiger partial charge < -0.3 is 16.0 Å². The van der Waals surface area contributed by atoms with Crippen LogP contribution in [0.15, 0.2) is 36.5 Å². The second-order valence-corrected chi connectivity index (χ2v) is 7.92. The molecule has 0 saturated carbocycles. The smallest absolute Gasteiger partial charge is 0.276 e. The van der Waals surface area contributed by atoms with E-state index in [1.807, 2.05) is 31.6 Å². The summed E-state index contributed by atoms with van der Waals surface area (Å²) in [4.78, 5) is 24.8. The molecule has 1 aromatic carbocycles. The minimum Gasteiger partial charge on any atom is -0.347 e. The molecule has 1 unspecified atom stereocenters. The molecule has 1 aliphatic rings. The molecule has 0 aliphatic carbocycles. The summed E-state index contributed by atoms with van der Waals surface area (Å²) in [5, 5.41) is 13.5. The van der Waals surface area contributed by atoms with Crippen molar-refractivity contribution in [2.45, 2.75) is 45.2 Å². The lowest BCUT2D eigenvalue weighted by atomic mass is 10.1. The predicted octanol–water partition coefficient (Wildman–Crippen LogP) is 2.59. The van der Waals surface area contributed by atoms with Gasteiger partial charge >= 0.3 is 0 Å². The van der Waals surface area contributed by atoms with Crippen LogP contribution in [0.25, 0.3) is 0 Å². The van der Waals surface area contributed by atoms with Gasteiger partial charge in [-0.2, -0.15) is 5.10 Å². The van der Waals surface area contributed by atoms with E-state index in [2.05, 4.69) is 21.0 Å². The largest absolute Gasteiger partial charge is 0.347 e. The van der Waals surface area contributed by atoms with E-state index in [0.717, 1.165) is 25.9 Å². The molecule has 2 aromatic rings. The van der Waals surface area contributed by atoms with Crippen molar-refractivity contribution >= 4 is 17.5 Å². The first-order chi connectivity index (χ1) is 12.8. The van der Waals surface area contributed by atoms with Gasteiger partial charge in [-0.3, -0.25) is 14.3 Å². The number of rotatable bonds is 4. The van der Waals surface area contributed by atoms with Crippen molar-refractivity contribution in [2.24, 2.45) is 0 Å². The molecule has 1 aliphatic heterocycles. The number of piperidine rings is 1. The van der Waals surface area contributed by atoms with E-state index in [0.29, 0.717) is 16.9 Å². The van der Waals surface area contributed by atoms with Gasteiger partial charge in [0, 0.05) is 29.5 Å². The Hall–Kier alpha value is -2.67. The number of anilines is 1. The summed E-state index contributed by atoms with van der Waals surface area (Å²) in [6, 6.07) is 8.90. The number of nitrogens with zero attached hydrogens (tertiary/aromatic N) is 2. The van der Waals surface area contributed by atoms with Crippen LogP contribution in [0.3, 0.4) is 0 Å². The molecule has 7 nitrogen and oxygen atoms in total. The quantitative estimate of drug-likeness (QED) is 0.773. The maximum atomic E-state index is 12.5. The van der Waals surface area contributed by atoms with E-state index in [-0.39, 0.29) is 23.4 Å². The summed E-state index contributed by atoms with van der Waals surface area (Å²) in [7, 11) is 0. The molecule has 2 heterocycles. The summed E-state index contributed by atoms with van der Waals surface area (Å²) in [5.74, 6) is -0.460. The van der Waals surface area contributed by atoms with E-state index >= 15 is 0 Å². The van der Waals surface area contributed by atoms with Crippen LogP contribution in [0.2, 0.25) is 0 Å². The van der Waals surface area contributed by atoms with Gasteiger partial charge in [0.05, 0.1) is 6.04 Å². The Morgan fingerprint density at radius 1 is 1.22 bits per heavy atom. The van der Waals surface area contributed by atoms with Gasteiger partial charge in [0.15, 0.2) is 5.69 Å². The second-order valence-electron chi connectivity index (χ2n) is 7.92. The van der Waals surface area contributed by atoms with Gasteiger partial charge in [-0.1, -0.05) is 6.07 Å². The summed E-state index contributed by atoms with van der Waals surface area (Å²) >= 11 is 0. The van der Waals surface area contributed by atoms with Crippen LogP contribution in [-0.2, 0) is 0 Å². The standard InChI is InChI=1S/C20H27N5O2/c1-20(2,3)23-18(26)14-6-4-7-15(12-14)22-19(27)17-9-11-25(24-17)16-8-5-10-21-13-16/h4,6-7,9,11-12,16,21H,5,8,10,13H2,1-3H3,(H,22,27)(H,23,26). The molecule has 0 spiro atoms. The highest BCUT2D eigenvalue weighted by Crippen LogP contribution is 2.17. The lowest BCUT2D eigenvalue weighted by molar-refractivity contribution is 0.0918. The van der Waals surface area contributed by atoms with Crippen molar-refractivity contribution in [1.82, 2.24) is 20.4 Å². The van der Waals surface area contributed by atoms with Crippen LogP contribution in [0.1, 0.15) is 60.5 Å². The van der Waals surface area contributed by atoms with Gasteiger partial charge in [-0.25, -0.2) is 0 Å². The molecule has 1 saturated heterocycles. The lowest BCUT2D eigenvalue weighted by Crippen LogP contribution is -2.40. The molecule has 27 heavy (non-hydrogen) atoms. The molecule has 2 amide bonds. The van der Waals surface area contributed by atoms with Crippen LogP contribution in [-0.4, -0.2) is 40.2 Å². The van der Waals surface area contributed by atoms with Crippen molar-refractivity contribution < 1.29 is 9.59 Å².